The summed E-state index contributed by atoms with van der Waals surface area (Å²) >= 11 is 0. The van der Waals surface area contributed by atoms with E-state index in [1.165, 1.54) is 16.5 Å². The third-order valence-electron chi connectivity index (χ3n) is 5.82. The number of esters is 1. The molecule has 7 heteroatoms. The van der Waals surface area contributed by atoms with Gasteiger partial charge in [0.1, 0.15) is 6.54 Å². The van der Waals surface area contributed by atoms with Crippen molar-refractivity contribution in [2.75, 3.05) is 23.4 Å². The zero-order chi connectivity index (χ0) is 24.7. The minimum Gasteiger partial charge on any atom is -0.466 e. The summed E-state index contributed by atoms with van der Waals surface area (Å²) in [6, 6.07) is 13.9. The number of carbonyl (C=O) groups excluding carboxylic acids is 3. The SMILES string of the molecule is CCOC(=O)CC1=CC(=O)N(CC(=O)N[C@H](C)CCc2ccccc2)c2cc(C)c(C)cc2N1. The van der Waals surface area contributed by atoms with Crippen LogP contribution in [-0.4, -0.2) is 37.0 Å². The van der Waals surface area contributed by atoms with E-state index in [0.717, 1.165) is 24.0 Å². The Morgan fingerprint density at radius 2 is 1.82 bits per heavy atom. The maximum Gasteiger partial charge on any atom is 0.311 e. The first-order chi connectivity index (χ1) is 16.3. The molecule has 1 atom stereocenters. The maximum atomic E-state index is 13.1. The summed E-state index contributed by atoms with van der Waals surface area (Å²) in [4.78, 5) is 39.5. The van der Waals surface area contributed by atoms with Crippen molar-refractivity contribution in [3.63, 3.8) is 0 Å². The molecule has 2 aromatic rings. The lowest BCUT2D eigenvalue weighted by Crippen LogP contribution is -2.43. The van der Waals surface area contributed by atoms with Gasteiger partial charge in [-0.3, -0.25) is 19.3 Å². The van der Waals surface area contributed by atoms with E-state index in [0.29, 0.717) is 17.1 Å². The second-order valence-corrected chi connectivity index (χ2v) is 8.65. The van der Waals surface area contributed by atoms with E-state index in [9.17, 15) is 14.4 Å². The van der Waals surface area contributed by atoms with Gasteiger partial charge in [-0.05, 0) is 69.4 Å². The molecule has 2 amide bonds. The molecular formula is C27H33N3O4. The number of benzene rings is 2. The van der Waals surface area contributed by atoms with Gasteiger partial charge in [0.05, 0.1) is 24.4 Å². The largest absolute Gasteiger partial charge is 0.466 e. The molecule has 0 unspecified atom stereocenters. The Morgan fingerprint density at radius 3 is 2.53 bits per heavy atom. The van der Waals surface area contributed by atoms with Crippen LogP contribution in [0.15, 0.2) is 54.2 Å². The molecule has 1 aliphatic heterocycles. The monoisotopic (exact) mass is 463 g/mol. The molecule has 3 rings (SSSR count). The normalized spacial score (nSPS) is 13.8. The van der Waals surface area contributed by atoms with Crippen molar-refractivity contribution in [3.8, 4) is 0 Å². The van der Waals surface area contributed by atoms with Gasteiger partial charge in [0.25, 0.3) is 5.91 Å². The molecule has 1 heterocycles. The van der Waals surface area contributed by atoms with Gasteiger partial charge in [0.15, 0.2) is 0 Å². The first-order valence-corrected chi connectivity index (χ1v) is 11.7. The van der Waals surface area contributed by atoms with Crippen LogP contribution in [-0.2, 0) is 25.5 Å². The van der Waals surface area contributed by atoms with Crippen LogP contribution >= 0.6 is 0 Å². The Balaban J connectivity index is 1.74. The summed E-state index contributed by atoms with van der Waals surface area (Å²) in [5.74, 6) is -1.01. The van der Waals surface area contributed by atoms with Crippen molar-refractivity contribution in [1.82, 2.24) is 5.32 Å². The molecule has 0 aliphatic carbocycles. The van der Waals surface area contributed by atoms with Gasteiger partial charge in [-0.1, -0.05) is 30.3 Å². The number of aryl methyl sites for hydroxylation is 3. The van der Waals surface area contributed by atoms with Crippen molar-refractivity contribution in [1.29, 1.82) is 0 Å². The highest BCUT2D eigenvalue weighted by atomic mass is 16.5. The van der Waals surface area contributed by atoms with Gasteiger partial charge in [-0.2, -0.15) is 0 Å². The number of nitrogens with zero attached hydrogens (tertiary/aromatic N) is 1. The predicted molar refractivity (Wildman–Crippen MR) is 134 cm³/mol. The molecular weight excluding hydrogens is 430 g/mol. The number of amides is 2. The lowest BCUT2D eigenvalue weighted by Gasteiger charge is -2.24. The minimum atomic E-state index is -0.419. The molecule has 0 aromatic heterocycles. The predicted octanol–water partition coefficient (Wildman–Crippen LogP) is 4.04. The number of anilines is 2. The Morgan fingerprint density at radius 1 is 1.12 bits per heavy atom. The van der Waals surface area contributed by atoms with Crippen LogP contribution in [0, 0.1) is 13.8 Å². The van der Waals surface area contributed by atoms with E-state index in [-0.39, 0.29) is 37.4 Å². The molecule has 2 aromatic carbocycles. The van der Waals surface area contributed by atoms with E-state index in [4.69, 9.17) is 4.74 Å². The summed E-state index contributed by atoms with van der Waals surface area (Å²) in [6.45, 7) is 7.79. The number of carbonyl (C=O) groups is 3. The molecule has 34 heavy (non-hydrogen) atoms. The van der Waals surface area contributed by atoms with Gasteiger partial charge in [0, 0.05) is 17.8 Å². The number of ether oxygens (including phenoxy) is 1. The summed E-state index contributed by atoms with van der Waals surface area (Å²) < 4.78 is 5.03. The highest BCUT2D eigenvalue weighted by molar-refractivity contribution is 6.09. The van der Waals surface area contributed by atoms with Gasteiger partial charge < -0.3 is 15.4 Å². The standard InChI is InChI=1S/C27H33N3O4/c1-5-34-27(33)16-22-15-26(32)30(24-14-19(3)18(2)13-23(24)29-22)17-25(31)28-20(4)11-12-21-9-7-6-8-10-21/h6-10,13-15,20,29H,5,11-12,16-17H2,1-4H3,(H,28,31)/t20-/m1/s1. The van der Waals surface area contributed by atoms with Crippen LogP contribution in [0.4, 0.5) is 11.4 Å². The van der Waals surface area contributed by atoms with Crippen molar-refractivity contribution in [2.24, 2.45) is 0 Å². The first-order valence-electron chi connectivity index (χ1n) is 11.7. The highest BCUT2D eigenvalue weighted by Crippen LogP contribution is 2.33. The van der Waals surface area contributed by atoms with Gasteiger partial charge in [-0.15, -0.1) is 0 Å². The summed E-state index contributed by atoms with van der Waals surface area (Å²) in [5, 5.41) is 6.20. The van der Waals surface area contributed by atoms with Crippen molar-refractivity contribution < 1.29 is 19.1 Å². The van der Waals surface area contributed by atoms with Gasteiger partial charge in [0.2, 0.25) is 5.91 Å². The maximum absolute atomic E-state index is 13.1. The van der Waals surface area contributed by atoms with Crippen LogP contribution in [0.2, 0.25) is 0 Å². The summed E-state index contributed by atoms with van der Waals surface area (Å²) in [7, 11) is 0. The number of rotatable bonds is 9. The van der Waals surface area contributed by atoms with Crippen LogP contribution < -0.4 is 15.5 Å². The molecule has 0 saturated heterocycles. The van der Waals surface area contributed by atoms with E-state index in [1.807, 2.05) is 51.1 Å². The number of hydrogen-bond donors (Lipinski definition) is 2. The Bertz CT molecular complexity index is 1080. The van der Waals surface area contributed by atoms with E-state index < -0.39 is 5.97 Å². The average molecular weight is 464 g/mol. The fourth-order valence-corrected chi connectivity index (χ4v) is 3.87. The smallest absolute Gasteiger partial charge is 0.311 e. The minimum absolute atomic E-state index is 0.0398. The molecule has 0 fully saturated rings. The zero-order valence-electron chi connectivity index (χ0n) is 20.3. The second-order valence-electron chi connectivity index (χ2n) is 8.65. The van der Waals surface area contributed by atoms with E-state index >= 15 is 0 Å². The quantitative estimate of drug-likeness (QED) is 0.548. The topological polar surface area (TPSA) is 87.7 Å². The third kappa shape index (κ3) is 6.70. The number of fused-ring (bicyclic) bond motifs is 1. The van der Waals surface area contributed by atoms with Gasteiger partial charge >= 0.3 is 5.97 Å². The second kappa shape index (κ2) is 11.5. The Hall–Kier alpha value is -3.61. The van der Waals surface area contributed by atoms with E-state index in [2.05, 4.69) is 22.8 Å². The summed E-state index contributed by atoms with van der Waals surface area (Å²) in [5.41, 5.74) is 4.98. The molecule has 1 aliphatic rings. The Labute approximate surface area is 201 Å². The van der Waals surface area contributed by atoms with E-state index in [1.54, 1.807) is 6.92 Å². The van der Waals surface area contributed by atoms with Gasteiger partial charge in [-0.25, -0.2) is 0 Å². The van der Waals surface area contributed by atoms with Crippen LogP contribution in [0.3, 0.4) is 0 Å². The number of nitrogens with one attached hydrogen (secondary N) is 2. The number of hydrogen-bond acceptors (Lipinski definition) is 5. The molecule has 0 saturated carbocycles. The lowest BCUT2D eigenvalue weighted by molar-refractivity contribution is -0.142. The van der Waals surface area contributed by atoms with Crippen molar-refractivity contribution in [2.45, 2.75) is 53.0 Å². The lowest BCUT2D eigenvalue weighted by atomic mass is 10.1. The first kappa shape index (κ1) is 25.0. The fraction of sp³-hybridized carbons (Fsp3) is 0.370. The fourth-order valence-electron chi connectivity index (χ4n) is 3.87. The Kier molecular flexibility index (Phi) is 8.46. The van der Waals surface area contributed by atoms with Crippen LogP contribution in [0.5, 0.6) is 0 Å². The average Bonchev–Trinajstić information content (AvgIpc) is 2.90. The van der Waals surface area contributed by atoms with Crippen LogP contribution in [0.25, 0.3) is 0 Å². The highest BCUT2D eigenvalue weighted by Gasteiger charge is 2.26. The van der Waals surface area contributed by atoms with Crippen molar-refractivity contribution >= 4 is 29.2 Å². The molecule has 0 radical (unpaired) electrons. The van der Waals surface area contributed by atoms with Crippen LogP contribution in [0.1, 0.15) is 43.4 Å². The summed E-state index contributed by atoms with van der Waals surface area (Å²) in [6.07, 6.45) is 2.97. The molecule has 180 valence electrons. The molecule has 7 nitrogen and oxygen atoms in total. The van der Waals surface area contributed by atoms with Crippen molar-refractivity contribution in [3.05, 3.63) is 70.9 Å². The molecule has 2 N–H and O–H groups in total. The zero-order valence-corrected chi connectivity index (χ0v) is 20.3. The molecule has 0 bridgehead atoms. The third-order valence-corrected chi connectivity index (χ3v) is 5.82. The molecule has 0 spiro atoms.